The number of halogens is 1. The van der Waals surface area contributed by atoms with Gasteiger partial charge in [0, 0.05) is 16.8 Å². The molecule has 0 bridgehead atoms. The summed E-state index contributed by atoms with van der Waals surface area (Å²) in [6, 6.07) is 7.37. The van der Waals surface area contributed by atoms with Gasteiger partial charge in [-0.1, -0.05) is 28.1 Å². The van der Waals surface area contributed by atoms with Crippen LogP contribution in [0.25, 0.3) is 0 Å². The van der Waals surface area contributed by atoms with Crippen LogP contribution in [0.4, 0.5) is 0 Å². The molecule has 0 saturated carbocycles. The standard InChI is InChI=1S/C11H16BrNO2S/c1-8(16(2,14)15)11(13)7-9-3-5-10(12)6-4-9/h3-6,8,11H,7,13H2,1-2H3. The fourth-order valence-corrected chi connectivity index (χ4v) is 2.37. The van der Waals surface area contributed by atoms with E-state index in [-0.39, 0.29) is 6.04 Å². The lowest BCUT2D eigenvalue weighted by Crippen LogP contribution is -2.39. The third-order valence-corrected chi connectivity index (χ3v) is 4.89. The summed E-state index contributed by atoms with van der Waals surface area (Å²) in [6.07, 6.45) is 1.79. The Morgan fingerprint density at radius 1 is 1.31 bits per heavy atom. The number of nitrogens with two attached hydrogens (primary N) is 1. The van der Waals surface area contributed by atoms with E-state index >= 15 is 0 Å². The molecule has 3 nitrogen and oxygen atoms in total. The first-order valence-electron chi connectivity index (χ1n) is 4.99. The summed E-state index contributed by atoms with van der Waals surface area (Å²) in [5, 5.41) is -0.517. The van der Waals surface area contributed by atoms with Gasteiger partial charge in [-0.25, -0.2) is 8.42 Å². The van der Waals surface area contributed by atoms with Crippen LogP contribution in [0.2, 0.25) is 0 Å². The number of sulfone groups is 1. The molecule has 0 aliphatic rings. The van der Waals surface area contributed by atoms with Crippen molar-refractivity contribution in [3.8, 4) is 0 Å². The Hall–Kier alpha value is -0.390. The molecular weight excluding hydrogens is 290 g/mol. The molecule has 0 fully saturated rings. The fraction of sp³-hybridized carbons (Fsp3) is 0.455. The van der Waals surface area contributed by atoms with Gasteiger partial charge in [-0.2, -0.15) is 0 Å². The second kappa shape index (κ2) is 5.29. The first kappa shape index (κ1) is 13.7. The maximum atomic E-state index is 11.3. The Kier molecular flexibility index (Phi) is 4.52. The zero-order valence-electron chi connectivity index (χ0n) is 9.35. The van der Waals surface area contributed by atoms with Crippen molar-refractivity contribution in [3.05, 3.63) is 34.3 Å². The van der Waals surface area contributed by atoms with Crippen LogP contribution in [0.1, 0.15) is 12.5 Å². The Labute approximate surface area is 105 Å². The average Bonchev–Trinajstić information content (AvgIpc) is 2.19. The van der Waals surface area contributed by atoms with Crippen LogP contribution < -0.4 is 5.73 Å². The van der Waals surface area contributed by atoms with Gasteiger partial charge in [0.05, 0.1) is 5.25 Å². The summed E-state index contributed by atoms with van der Waals surface area (Å²) >= 11 is 3.35. The molecular formula is C11H16BrNO2S. The van der Waals surface area contributed by atoms with E-state index in [0.29, 0.717) is 6.42 Å². The van der Waals surface area contributed by atoms with E-state index in [1.165, 1.54) is 6.26 Å². The molecule has 0 aliphatic carbocycles. The topological polar surface area (TPSA) is 60.2 Å². The number of hydrogen-bond donors (Lipinski definition) is 1. The van der Waals surface area contributed by atoms with E-state index in [9.17, 15) is 8.42 Å². The molecule has 0 saturated heterocycles. The van der Waals surface area contributed by atoms with E-state index in [2.05, 4.69) is 15.9 Å². The Morgan fingerprint density at radius 2 is 1.81 bits per heavy atom. The summed E-state index contributed by atoms with van der Waals surface area (Å²) in [5.74, 6) is 0. The van der Waals surface area contributed by atoms with Gasteiger partial charge >= 0.3 is 0 Å². The van der Waals surface area contributed by atoms with Crippen molar-refractivity contribution in [3.63, 3.8) is 0 Å². The third-order valence-electron chi connectivity index (χ3n) is 2.66. The van der Waals surface area contributed by atoms with Gasteiger partial charge in [0.15, 0.2) is 9.84 Å². The van der Waals surface area contributed by atoms with Gasteiger partial charge in [-0.05, 0) is 31.0 Å². The molecule has 0 spiro atoms. The minimum atomic E-state index is -3.06. The van der Waals surface area contributed by atoms with Crippen molar-refractivity contribution in [1.82, 2.24) is 0 Å². The minimum absolute atomic E-state index is 0.365. The molecule has 0 heterocycles. The zero-order valence-corrected chi connectivity index (χ0v) is 11.8. The van der Waals surface area contributed by atoms with E-state index in [4.69, 9.17) is 5.73 Å². The molecule has 0 radical (unpaired) electrons. The molecule has 0 amide bonds. The summed E-state index contributed by atoms with van der Waals surface area (Å²) in [6.45, 7) is 1.65. The maximum absolute atomic E-state index is 11.3. The summed E-state index contributed by atoms with van der Waals surface area (Å²) in [7, 11) is -3.06. The summed E-state index contributed by atoms with van der Waals surface area (Å²) in [4.78, 5) is 0. The average molecular weight is 306 g/mol. The molecule has 16 heavy (non-hydrogen) atoms. The fourth-order valence-electron chi connectivity index (χ4n) is 1.38. The van der Waals surface area contributed by atoms with E-state index in [1.54, 1.807) is 6.92 Å². The van der Waals surface area contributed by atoms with Gasteiger partial charge in [-0.3, -0.25) is 0 Å². The lowest BCUT2D eigenvalue weighted by Gasteiger charge is -2.18. The van der Waals surface area contributed by atoms with E-state index in [1.807, 2.05) is 24.3 Å². The normalized spacial score (nSPS) is 15.8. The first-order valence-corrected chi connectivity index (χ1v) is 7.74. The molecule has 2 atom stereocenters. The summed E-state index contributed by atoms with van der Waals surface area (Å²) < 4.78 is 23.7. The molecule has 0 aliphatic heterocycles. The summed E-state index contributed by atoms with van der Waals surface area (Å²) in [5.41, 5.74) is 6.93. The molecule has 0 aromatic heterocycles. The molecule has 2 unspecified atom stereocenters. The van der Waals surface area contributed by atoms with E-state index < -0.39 is 15.1 Å². The van der Waals surface area contributed by atoms with Crippen molar-refractivity contribution in [2.45, 2.75) is 24.6 Å². The first-order chi connectivity index (χ1) is 7.30. The van der Waals surface area contributed by atoms with Crippen LogP contribution >= 0.6 is 15.9 Å². The van der Waals surface area contributed by atoms with Crippen molar-refractivity contribution in [1.29, 1.82) is 0 Å². The van der Waals surface area contributed by atoms with Crippen molar-refractivity contribution in [2.75, 3.05) is 6.26 Å². The predicted octanol–water partition coefficient (Wildman–Crippen LogP) is 1.75. The highest BCUT2D eigenvalue weighted by atomic mass is 79.9. The van der Waals surface area contributed by atoms with Gasteiger partial charge in [0.1, 0.15) is 0 Å². The molecule has 1 rings (SSSR count). The Morgan fingerprint density at radius 3 is 2.25 bits per heavy atom. The lowest BCUT2D eigenvalue weighted by molar-refractivity contribution is 0.562. The van der Waals surface area contributed by atoms with Gasteiger partial charge in [0.2, 0.25) is 0 Å². The smallest absolute Gasteiger partial charge is 0.151 e. The van der Waals surface area contributed by atoms with Gasteiger partial charge in [-0.15, -0.1) is 0 Å². The Bertz CT molecular complexity index is 442. The van der Waals surface area contributed by atoms with Crippen LogP contribution in [-0.2, 0) is 16.3 Å². The van der Waals surface area contributed by atoms with Crippen LogP contribution in [0.5, 0.6) is 0 Å². The van der Waals surface area contributed by atoms with Crippen molar-refractivity contribution < 1.29 is 8.42 Å². The lowest BCUT2D eigenvalue weighted by atomic mass is 10.0. The van der Waals surface area contributed by atoms with E-state index in [0.717, 1.165) is 10.0 Å². The largest absolute Gasteiger partial charge is 0.326 e. The Balaban J connectivity index is 2.71. The second-order valence-corrected chi connectivity index (χ2v) is 7.35. The van der Waals surface area contributed by atoms with Crippen LogP contribution in [0, 0.1) is 0 Å². The third kappa shape index (κ3) is 3.88. The quantitative estimate of drug-likeness (QED) is 0.922. The molecule has 5 heteroatoms. The van der Waals surface area contributed by atoms with Gasteiger partial charge in [0.25, 0.3) is 0 Å². The monoisotopic (exact) mass is 305 g/mol. The van der Waals surface area contributed by atoms with Crippen molar-refractivity contribution in [2.24, 2.45) is 5.73 Å². The zero-order chi connectivity index (χ0) is 12.3. The number of rotatable bonds is 4. The van der Waals surface area contributed by atoms with Gasteiger partial charge < -0.3 is 5.73 Å². The predicted molar refractivity (Wildman–Crippen MR) is 70.1 cm³/mol. The molecule has 1 aromatic carbocycles. The maximum Gasteiger partial charge on any atom is 0.151 e. The molecule has 90 valence electrons. The van der Waals surface area contributed by atoms with Crippen LogP contribution in [-0.4, -0.2) is 26.0 Å². The highest BCUT2D eigenvalue weighted by Crippen LogP contribution is 2.13. The SMILES string of the molecule is CC(C(N)Cc1ccc(Br)cc1)S(C)(=O)=O. The highest BCUT2D eigenvalue weighted by Gasteiger charge is 2.22. The molecule has 1 aromatic rings. The molecule has 2 N–H and O–H groups in total. The van der Waals surface area contributed by atoms with Crippen LogP contribution in [0.3, 0.4) is 0 Å². The second-order valence-electron chi connectivity index (χ2n) is 4.03. The van der Waals surface area contributed by atoms with Crippen molar-refractivity contribution >= 4 is 25.8 Å². The highest BCUT2D eigenvalue weighted by molar-refractivity contribution is 9.10. The number of benzene rings is 1. The number of hydrogen-bond acceptors (Lipinski definition) is 3. The van der Waals surface area contributed by atoms with Crippen LogP contribution in [0.15, 0.2) is 28.7 Å². The minimum Gasteiger partial charge on any atom is -0.326 e.